The van der Waals surface area contributed by atoms with E-state index in [9.17, 15) is 9.90 Å². The van der Waals surface area contributed by atoms with Crippen molar-refractivity contribution in [2.24, 2.45) is 46.3 Å². The van der Waals surface area contributed by atoms with Gasteiger partial charge in [0.15, 0.2) is 5.78 Å². The lowest BCUT2D eigenvalue weighted by Gasteiger charge is -2.58. The molecule has 3 fully saturated rings. The number of aliphatic hydroxyl groups is 1. The SMILES string of the molecule is C=C(C)[C@@H](C)C[C@H](O)[C@@H](C)C1CC[C@H]2[C@@H]3CCC4=CC(=O)CC[C@]4(C)[C@H]3CC[C@]12C. The van der Waals surface area contributed by atoms with Crippen LogP contribution < -0.4 is 0 Å². The van der Waals surface area contributed by atoms with Crippen molar-refractivity contribution in [3.63, 3.8) is 0 Å². The summed E-state index contributed by atoms with van der Waals surface area (Å²) in [6.07, 6.45) is 12.1. The molecule has 0 aromatic rings. The highest BCUT2D eigenvalue weighted by Gasteiger charge is 2.59. The van der Waals surface area contributed by atoms with Gasteiger partial charge in [-0.3, -0.25) is 4.79 Å². The summed E-state index contributed by atoms with van der Waals surface area (Å²) in [7, 11) is 0. The minimum absolute atomic E-state index is 0.224. The van der Waals surface area contributed by atoms with Crippen LogP contribution in [0.1, 0.15) is 92.4 Å². The van der Waals surface area contributed by atoms with Gasteiger partial charge in [0.05, 0.1) is 6.10 Å². The van der Waals surface area contributed by atoms with Crippen LogP contribution in [-0.4, -0.2) is 17.0 Å². The molecule has 168 valence electrons. The van der Waals surface area contributed by atoms with Crippen LogP contribution in [0.5, 0.6) is 0 Å². The Bertz CT molecular complexity index is 735. The van der Waals surface area contributed by atoms with Gasteiger partial charge >= 0.3 is 0 Å². The highest BCUT2D eigenvalue weighted by Crippen LogP contribution is 2.67. The van der Waals surface area contributed by atoms with Gasteiger partial charge in [-0.05, 0) is 111 Å². The van der Waals surface area contributed by atoms with Crippen LogP contribution >= 0.6 is 0 Å². The molecule has 0 saturated heterocycles. The van der Waals surface area contributed by atoms with Crippen LogP contribution in [-0.2, 0) is 4.79 Å². The van der Waals surface area contributed by atoms with Gasteiger partial charge in [0.25, 0.3) is 0 Å². The fourth-order valence-electron chi connectivity index (χ4n) is 8.51. The molecule has 0 aromatic carbocycles. The second-order valence-corrected chi connectivity index (χ2v) is 12.1. The summed E-state index contributed by atoms with van der Waals surface area (Å²) in [5, 5.41) is 11.1. The number of allylic oxidation sites excluding steroid dienone is 2. The molecule has 4 rings (SSSR count). The van der Waals surface area contributed by atoms with E-state index in [4.69, 9.17) is 0 Å². The first-order valence-electron chi connectivity index (χ1n) is 12.6. The molecule has 0 aliphatic heterocycles. The van der Waals surface area contributed by atoms with Crippen molar-refractivity contribution in [2.45, 2.75) is 98.5 Å². The monoisotopic (exact) mass is 412 g/mol. The number of aliphatic hydroxyl groups excluding tert-OH is 1. The predicted molar refractivity (Wildman–Crippen MR) is 124 cm³/mol. The number of fused-ring (bicyclic) bond motifs is 5. The molecular weight excluding hydrogens is 368 g/mol. The highest BCUT2D eigenvalue weighted by atomic mass is 16.3. The molecule has 0 spiro atoms. The average molecular weight is 413 g/mol. The Kier molecular flexibility index (Phi) is 5.88. The molecule has 9 atom stereocenters. The summed E-state index contributed by atoms with van der Waals surface area (Å²) >= 11 is 0. The largest absolute Gasteiger partial charge is 0.393 e. The molecule has 0 amide bonds. The lowest BCUT2D eigenvalue weighted by molar-refractivity contribution is -0.117. The summed E-state index contributed by atoms with van der Waals surface area (Å²) in [5.41, 5.74) is 3.28. The molecule has 0 heterocycles. The van der Waals surface area contributed by atoms with E-state index in [-0.39, 0.29) is 11.5 Å². The fourth-order valence-corrected chi connectivity index (χ4v) is 8.51. The molecule has 2 heteroatoms. The number of ketones is 1. The molecule has 4 aliphatic rings. The van der Waals surface area contributed by atoms with E-state index in [1.54, 1.807) is 0 Å². The fraction of sp³-hybridized carbons (Fsp3) is 0.821. The third kappa shape index (κ3) is 3.46. The van der Waals surface area contributed by atoms with Crippen molar-refractivity contribution in [2.75, 3.05) is 0 Å². The number of carbonyl (C=O) groups excluding carboxylic acids is 1. The summed E-state index contributed by atoms with van der Waals surface area (Å²) in [6, 6.07) is 0. The quantitative estimate of drug-likeness (QED) is 0.508. The van der Waals surface area contributed by atoms with Crippen molar-refractivity contribution in [1.82, 2.24) is 0 Å². The van der Waals surface area contributed by atoms with Crippen molar-refractivity contribution in [1.29, 1.82) is 0 Å². The van der Waals surface area contributed by atoms with E-state index in [1.165, 1.54) is 43.3 Å². The minimum Gasteiger partial charge on any atom is -0.393 e. The van der Waals surface area contributed by atoms with Gasteiger partial charge in [0.1, 0.15) is 0 Å². The van der Waals surface area contributed by atoms with Crippen LogP contribution in [0.3, 0.4) is 0 Å². The standard InChI is InChI=1S/C28H44O2/c1-17(2)18(3)15-26(30)19(4)23-9-10-24-22-8-7-20-16-21(29)11-13-27(20,5)25(22)12-14-28(23,24)6/h16,18-19,22-26,30H,1,7-15H2,2-6H3/t18-,19-,22-,23?,24-,25-,26-,27-,28+/m0/s1. The van der Waals surface area contributed by atoms with E-state index < -0.39 is 0 Å². The smallest absolute Gasteiger partial charge is 0.155 e. The third-order valence-corrected chi connectivity index (χ3v) is 10.7. The number of carbonyl (C=O) groups is 1. The summed E-state index contributed by atoms with van der Waals surface area (Å²) in [6.45, 7) is 15.7. The normalized spacial score (nSPS) is 43.7. The molecule has 30 heavy (non-hydrogen) atoms. The Morgan fingerprint density at radius 1 is 1.13 bits per heavy atom. The summed E-state index contributed by atoms with van der Waals surface area (Å²) in [5.74, 6) is 4.10. The lowest BCUT2D eigenvalue weighted by atomic mass is 9.46. The van der Waals surface area contributed by atoms with Gasteiger partial charge in [0, 0.05) is 6.42 Å². The van der Waals surface area contributed by atoms with Gasteiger partial charge in [0.2, 0.25) is 0 Å². The molecule has 3 saturated carbocycles. The maximum absolute atomic E-state index is 12.0. The number of hydrogen-bond donors (Lipinski definition) is 1. The van der Waals surface area contributed by atoms with Crippen LogP contribution in [0.25, 0.3) is 0 Å². The molecule has 0 radical (unpaired) electrons. The molecule has 4 aliphatic carbocycles. The molecule has 2 nitrogen and oxygen atoms in total. The molecular formula is C28H44O2. The van der Waals surface area contributed by atoms with Crippen LogP contribution in [0.2, 0.25) is 0 Å². The van der Waals surface area contributed by atoms with E-state index in [0.717, 1.165) is 43.4 Å². The summed E-state index contributed by atoms with van der Waals surface area (Å²) < 4.78 is 0. The maximum Gasteiger partial charge on any atom is 0.155 e. The van der Waals surface area contributed by atoms with Gasteiger partial charge in [-0.15, -0.1) is 0 Å². The van der Waals surface area contributed by atoms with Crippen LogP contribution in [0, 0.1) is 46.3 Å². The Morgan fingerprint density at radius 3 is 2.57 bits per heavy atom. The van der Waals surface area contributed by atoms with Gasteiger partial charge < -0.3 is 5.11 Å². The molecule has 0 aromatic heterocycles. The van der Waals surface area contributed by atoms with Crippen LogP contribution in [0.4, 0.5) is 0 Å². The van der Waals surface area contributed by atoms with Crippen molar-refractivity contribution < 1.29 is 9.90 Å². The molecule has 0 bridgehead atoms. The number of rotatable bonds is 5. The van der Waals surface area contributed by atoms with Gasteiger partial charge in [-0.25, -0.2) is 0 Å². The Morgan fingerprint density at radius 2 is 1.87 bits per heavy atom. The Hall–Kier alpha value is -0.890. The predicted octanol–water partition coefficient (Wildman–Crippen LogP) is 6.73. The average Bonchev–Trinajstić information content (AvgIpc) is 3.04. The minimum atomic E-state index is -0.224. The lowest BCUT2D eigenvalue weighted by Crippen LogP contribution is -2.51. The van der Waals surface area contributed by atoms with Crippen molar-refractivity contribution >= 4 is 5.78 Å². The summed E-state index contributed by atoms with van der Waals surface area (Å²) in [4.78, 5) is 12.0. The topological polar surface area (TPSA) is 37.3 Å². The first kappa shape index (κ1) is 22.3. The zero-order valence-electron chi connectivity index (χ0n) is 20.0. The zero-order valence-corrected chi connectivity index (χ0v) is 20.0. The molecule has 1 unspecified atom stereocenters. The second-order valence-electron chi connectivity index (χ2n) is 12.1. The van der Waals surface area contributed by atoms with E-state index in [1.807, 2.05) is 6.08 Å². The van der Waals surface area contributed by atoms with Crippen molar-refractivity contribution in [3.8, 4) is 0 Å². The first-order valence-corrected chi connectivity index (χ1v) is 12.6. The first-order chi connectivity index (χ1) is 14.1. The van der Waals surface area contributed by atoms with Crippen molar-refractivity contribution in [3.05, 3.63) is 23.8 Å². The Balaban J connectivity index is 1.52. The molecule has 1 N–H and O–H groups in total. The third-order valence-electron chi connectivity index (χ3n) is 10.7. The Labute approximate surface area is 184 Å². The van der Waals surface area contributed by atoms with Gasteiger partial charge in [-0.2, -0.15) is 0 Å². The maximum atomic E-state index is 12.0. The van der Waals surface area contributed by atoms with E-state index >= 15 is 0 Å². The van der Waals surface area contributed by atoms with E-state index in [0.29, 0.717) is 29.0 Å². The van der Waals surface area contributed by atoms with Crippen LogP contribution in [0.15, 0.2) is 23.8 Å². The highest BCUT2D eigenvalue weighted by molar-refractivity contribution is 5.91. The second kappa shape index (κ2) is 7.91. The van der Waals surface area contributed by atoms with E-state index in [2.05, 4.69) is 41.2 Å². The zero-order chi connectivity index (χ0) is 21.8. The van der Waals surface area contributed by atoms with Gasteiger partial charge in [-0.1, -0.05) is 45.4 Å². The number of hydrogen-bond acceptors (Lipinski definition) is 2.